The topological polar surface area (TPSA) is 38.0 Å². The number of hydrogen-bond donors (Lipinski definition) is 2. The van der Waals surface area contributed by atoms with Crippen molar-refractivity contribution in [1.82, 2.24) is 5.43 Å². The molecule has 1 aromatic carbocycles. The highest BCUT2D eigenvalue weighted by Gasteiger charge is 2.07. The summed E-state index contributed by atoms with van der Waals surface area (Å²) in [5, 5.41) is 0.825. The van der Waals surface area contributed by atoms with Gasteiger partial charge in [-0.15, -0.1) is 0 Å². The number of halogens is 1. The van der Waals surface area contributed by atoms with Crippen molar-refractivity contribution in [2.24, 2.45) is 5.84 Å². The maximum atomic E-state index is 5.97. The van der Waals surface area contributed by atoms with Gasteiger partial charge in [-0.05, 0) is 37.0 Å². The largest absolute Gasteiger partial charge is 0.271 e. The van der Waals surface area contributed by atoms with Crippen LogP contribution in [0.3, 0.4) is 0 Å². The molecule has 0 radical (unpaired) electrons. The Balaban J connectivity index is 2.66. The molecule has 84 valence electrons. The standard InChI is InChI=1S/C12H19ClN2/c1-3-4-11(15-14)8-10-5-6-12(13)9(2)7-10/h5-7,11,15H,3-4,8,14H2,1-2H3. The van der Waals surface area contributed by atoms with E-state index in [4.69, 9.17) is 17.4 Å². The minimum absolute atomic E-state index is 0.357. The Kier molecular flexibility index (Phi) is 5.09. The number of nitrogens with two attached hydrogens (primary N) is 1. The second kappa shape index (κ2) is 6.11. The number of aryl methyl sites for hydroxylation is 1. The van der Waals surface area contributed by atoms with Gasteiger partial charge >= 0.3 is 0 Å². The lowest BCUT2D eigenvalue weighted by molar-refractivity contribution is 0.486. The fraction of sp³-hybridized carbons (Fsp3) is 0.500. The van der Waals surface area contributed by atoms with E-state index in [0.29, 0.717) is 6.04 Å². The van der Waals surface area contributed by atoms with Crippen molar-refractivity contribution in [3.63, 3.8) is 0 Å². The van der Waals surface area contributed by atoms with Gasteiger partial charge in [-0.2, -0.15) is 0 Å². The van der Waals surface area contributed by atoms with Gasteiger partial charge in [0.2, 0.25) is 0 Å². The van der Waals surface area contributed by atoms with Gasteiger partial charge in [0.05, 0.1) is 0 Å². The Labute approximate surface area is 96.8 Å². The molecule has 0 fully saturated rings. The Hall–Kier alpha value is -0.570. The SMILES string of the molecule is CCCC(Cc1ccc(Cl)c(C)c1)NN. The van der Waals surface area contributed by atoms with Gasteiger partial charge in [-0.1, -0.05) is 37.1 Å². The molecule has 3 heteroatoms. The minimum atomic E-state index is 0.357. The van der Waals surface area contributed by atoms with E-state index in [1.807, 2.05) is 13.0 Å². The van der Waals surface area contributed by atoms with Crippen molar-refractivity contribution >= 4 is 11.6 Å². The summed E-state index contributed by atoms with van der Waals surface area (Å²) in [5.74, 6) is 5.50. The van der Waals surface area contributed by atoms with Crippen molar-refractivity contribution < 1.29 is 0 Å². The van der Waals surface area contributed by atoms with Gasteiger partial charge in [0.1, 0.15) is 0 Å². The number of nitrogens with one attached hydrogen (secondary N) is 1. The van der Waals surface area contributed by atoms with Gasteiger partial charge < -0.3 is 0 Å². The third kappa shape index (κ3) is 3.82. The predicted molar refractivity (Wildman–Crippen MR) is 65.9 cm³/mol. The van der Waals surface area contributed by atoms with E-state index in [9.17, 15) is 0 Å². The minimum Gasteiger partial charge on any atom is -0.271 e. The second-order valence-corrected chi connectivity index (χ2v) is 4.35. The molecule has 0 aliphatic carbocycles. The summed E-state index contributed by atoms with van der Waals surface area (Å²) in [6.07, 6.45) is 3.20. The zero-order valence-corrected chi connectivity index (χ0v) is 10.1. The molecule has 15 heavy (non-hydrogen) atoms. The van der Waals surface area contributed by atoms with Gasteiger partial charge in [-0.25, -0.2) is 0 Å². The summed E-state index contributed by atoms with van der Waals surface area (Å²) >= 11 is 5.97. The molecule has 0 saturated heterocycles. The molecule has 0 spiro atoms. The van der Waals surface area contributed by atoms with Crippen LogP contribution in [-0.4, -0.2) is 6.04 Å². The first kappa shape index (κ1) is 12.5. The van der Waals surface area contributed by atoms with Crippen LogP contribution in [0.15, 0.2) is 18.2 Å². The average molecular weight is 227 g/mol. The van der Waals surface area contributed by atoms with Gasteiger partial charge in [0.25, 0.3) is 0 Å². The highest BCUT2D eigenvalue weighted by Crippen LogP contribution is 2.17. The summed E-state index contributed by atoms with van der Waals surface area (Å²) in [6.45, 7) is 4.19. The van der Waals surface area contributed by atoms with Gasteiger partial charge in [-0.3, -0.25) is 11.3 Å². The van der Waals surface area contributed by atoms with Gasteiger partial charge in [0.15, 0.2) is 0 Å². The number of hydrogen-bond acceptors (Lipinski definition) is 2. The van der Waals surface area contributed by atoms with Crippen molar-refractivity contribution in [3.8, 4) is 0 Å². The van der Waals surface area contributed by atoms with E-state index in [1.54, 1.807) is 0 Å². The van der Waals surface area contributed by atoms with Crippen LogP contribution in [0, 0.1) is 6.92 Å². The van der Waals surface area contributed by atoms with Crippen molar-refractivity contribution in [2.45, 2.75) is 39.2 Å². The Morgan fingerprint density at radius 3 is 2.73 bits per heavy atom. The second-order valence-electron chi connectivity index (χ2n) is 3.94. The van der Waals surface area contributed by atoms with E-state index < -0.39 is 0 Å². The van der Waals surface area contributed by atoms with E-state index >= 15 is 0 Å². The van der Waals surface area contributed by atoms with E-state index in [0.717, 1.165) is 29.8 Å². The van der Waals surface area contributed by atoms with Crippen LogP contribution in [0.4, 0.5) is 0 Å². The molecular formula is C12H19ClN2. The Bertz CT molecular complexity index is 312. The Morgan fingerprint density at radius 2 is 2.20 bits per heavy atom. The molecule has 0 aliphatic heterocycles. The zero-order valence-electron chi connectivity index (χ0n) is 9.39. The summed E-state index contributed by atoms with van der Waals surface area (Å²) in [7, 11) is 0. The van der Waals surface area contributed by atoms with Crippen LogP contribution in [-0.2, 0) is 6.42 Å². The fourth-order valence-corrected chi connectivity index (χ4v) is 1.83. The van der Waals surface area contributed by atoms with Crippen LogP contribution in [0.25, 0.3) is 0 Å². The summed E-state index contributed by atoms with van der Waals surface area (Å²) in [6, 6.07) is 6.50. The predicted octanol–water partition coefficient (Wildman–Crippen LogP) is 2.82. The molecule has 0 aromatic heterocycles. The van der Waals surface area contributed by atoms with E-state index in [2.05, 4.69) is 24.5 Å². The molecule has 3 N–H and O–H groups in total. The van der Waals surface area contributed by atoms with Gasteiger partial charge in [0, 0.05) is 11.1 Å². The third-order valence-electron chi connectivity index (χ3n) is 2.58. The molecule has 1 rings (SSSR count). The summed E-state index contributed by atoms with van der Waals surface area (Å²) in [5.41, 5.74) is 5.26. The molecule has 0 aliphatic rings. The first-order chi connectivity index (χ1) is 7.17. The summed E-state index contributed by atoms with van der Waals surface area (Å²) in [4.78, 5) is 0. The molecule has 2 nitrogen and oxygen atoms in total. The third-order valence-corrected chi connectivity index (χ3v) is 3.00. The number of hydrazine groups is 1. The lowest BCUT2D eigenvalue weighted by Gasteiger charge is -2.15. The first-order valence-electron chi connectivity index (χ1n) is 5.38. The fourth-order valence-electron chi connectivity index (χ4n) is 1.71. The maximum Gasteiger partial charge on any atom is 0.0435 e. The van der Waals surface area contributed by atoms with Crippen molar-refractivity contribution in [1.29, 1.82) is 0 Å². The molecule has 1 aromatic rings. The molecule has 0 bridgehead atoms. The molecule has 0 heterocycles. The van der Waals surface area contributed by atoms with E-state index in [1.165, 1.54) is 5.56 Å². The lowest BCUT2D eigenvalue weighted by atomic mass is 10.0. The molecular weight excluding hydrogens is 208 g/mol. The number of benzene rings is 1. The van der Waals surface area contributed by atoms with Crippen LogP contribution in [0.1, 0.15) is 30.9 Å². The highest BCUT2D eigenvalue weighted by molar-refractivity contribution is 6.31. The maximum absolute atomic E-state index is 5.97. The summed E-state index contributed by atoms with van der Waals surface area (Å²) < 4.78 is 0. The average Bonchev–Trinajstić information content (AvgIpc) is 2.23. The Morgan fingerprint density at radius 1 is 1.47 bits per heavy atom. The molecule has 0 amide bonds. The van der Waals surface area contributed by atoms with Crippen LogP contribution < -0.4 is 11.3 Å². The number of rotatable bonds is 5. The van der Waals surface area contributed by atoms with Crippen molar-refractivity contribution in [2.75, 3.05) is 0 Å². The van der Waals surface area contributed by atoms with Crippen LogP contribution in [0.5, 0.6) is 0 Å². The first-order valence-corrected chi connectivity index (χ1v) is 5.76. The quantitative estimate of drug-likeness (QED) is 0.599. The molecule has 0 saturated carbocycles. The lowest BCUT2D eigenvalue weighted by Crippen LogP contribution is -2.36. The normalized spacial score (nSPS) is 12.8. The van der Waals surface area contributed by atoms with Crippen molar-refractivity contribution in [3.05, 3.63) is 34.3 Å². The monoisotopic (exact) mass is 226 g/mol. The molecule has 1 atom stereocenters. The van der Waals surface area contributed by atoms with E-state index in [-0.39, 0.29) is 0 Å². The smallest absolute Gasteiger partial charge is 0.0435 e. The highest BCUT2D eigenvalue weighted by atomic mass is 35.5. The van der Waals surface area contributed by atoms with Crippen LogP contribution >= 0.6 is 11.6 Å². The molecule has 1 unspecified atom stereocenters. The van der Waals surface area contributed by atoms with Crippen LogP contribution in [0.2, 0.25) is 5.02 Å². The zero-order chi connectivity index (χ0) is 11.3.